The second-order valence-electron chi connectivity index (χ2n) is 6.86. The normalized spacial score (nSPS) is 16.0. The molecule has 1 aliphatic rings. The molecule has 0 bridgehead atoms. The van der Waals surface area contributed by atoms with Crippen molar-refractivity contribution in [1.82, 2.24) is 19.6 Å². The van der Waals surface area contributed by atoms with Crippen molar-refractivity contribution >= 4 is 11.6 Å². The number of hydrogen-bond acceptors (Lipinski definition) is 3. The smallest absolute Gasteiger partial charge is 0.252 e. The van der Waals surface area contributed by atoms with Gasteiger partial charge in [-0.1, -0.05) is 37.3 Å². The molecule has 0 radical (unpaired) electrons. The standard InChI is InChI=1S/C21H24N4O/c1-2-24-12-10-18(11-13-24)22-21(26)17-8-9-20-23-19(15-25(20)14-17)16-6-4-3-5-7-16/h3-9,14-15,18H,2,10-13H2,1H3,(H,22,26). The number of pyridine rings is 1. The van der Waals surface area contributed by atoms with E-state index in [0.29, 0.717) is 5.56 Å². The van der Waals surface area contributed by atoms with Crippen LogP contribution in [-0.4, -0.2) is 45.9 Å². The van der Waals surface area contributed by atoms with Gasteiger partial charge < -0.3 is 14.6 Å². The second-order valence-corrected chi connectivity index (χ2v) is 6.86. The van der Waals surface area contributed by atoms with Crippen molar-refractivity contribution in [2.75, 3.05) is 19.6 Å². The third kappa shape index (κ3) is 3.48. The lowest BCUT2D eigenvalue weighted by molar-refractivity contribution is 0.0912. The van der Waals surface area contributed by atoms with Gasteiger partial charge in [-0.05, 0) is 31.5 Å². The lowest BCUT2D eigenvalue weighted by atomic mass is 10.0. The molecule has 1 aromatic carbocycles. The number of nitrogens with one attached hydrogen (secondary N) is 1. The maximum atomic E-state index is 12.6. The van der Waals surface area contributed by atoms with E-state index >= 15 is 0 Å². The van der Waals surface area contributed by atoms with Gasteiger partial charge in [-0.2, -0.15) is 0 Å². The van der Waals surface area contributed by atoms with Crippen LogP contribution in [0.15, 0.2) is 54.9 Å². The highest BCUT2D eigenvalue weighted by atomic mass is 16.1. The van der Waals surface area contributed by atoms with E-state index in [-0.39, 0.29) is 11.9 Å². The molecule has 3 heterocycles. The summed E-state index contributed by atoms with van der Waals surface area (Å²) >= 11 is 0. The fraction of sp³-hybridized carbons (Fsp3) is 0.333. The summed E-state index contributed by atoms with van der Waals surface area (Å²) < 4.78 is 1.93. The largest absolute Gasteiger partial charge is 0.349 e. The van der Waals surface area contributed by atoms with Gasteiger partial charge in [0.2, 0.25) is 0 Å². The number of fused-ring (bicyclic) bond motifs is 1. The topological polar surface area (TPSA) is 49.6 Å². The third-order valence-electron chi connectivity index (χ3n) is 5.15. The third-order valence-corrected chi connectivity index (χ3v) is 5.15. The van der Waals surface area contributed by atoms with E-state index in [9.17, 15) is 4.79 Å². The Kier molecular flexibility index (Phi) is 4.71. The number of carbonyl (C=O) groups excluding carboxylic acids is 1. The SMILES string of the molecule is CCN1CCC(NC(=O)c2ccc3nc(-c4ccccc4)cn3c2)CC1. The molecule has 2 aromatic heterocycles. The maximum Gasteiger partial charge on any atom is 0.252 e. The molecule has 0 unspecified atom stereocenters. The molecule has 1 N–H and O–H groups in total. The summed E-state index contributed by atoms with van der Waals surface area (Å²) in [7, 11) is 0. The van der Waals surface area contributed by atoms with Crippen LogP contribution in [0.3, 0.4) is 0 Å². The summed E-state index contributed by atoms with van der Waals surface area (Å²) in [5.41, 5.74) is 3.50. The van der Waals surface area contributed by atoms with Crippen molar-refractivity contribution in [3.63, 3.8) is 0 Å². The Morgan fingerprint density at radius 2 is 1.88 bits per heavy atom. The molecule has 1 amide bonds. The molecule has 0 saturated carbocycles. The first-order chi connectivity index (χ1) is 12.7. The van der Waals surface area contributed by atoms with Crippen LogP contribution in [0, 0.1) is 0 Å². The van der Waals surface area contributed by atoms with Crippen LogP contribution in [0.2, 0.25) is 0 Å². The fourth-order valence-electron chi connectivity index (χ4n) is 3.54. The first kappa shape index (κ1) is 16.8. The summed E-state index contributed by atoms with van der Waals surface area (Å²) in [6, 6.07) is 14.1. The number of piperidine rings is 1. The van der Waals surface area contributed by atoms with E-state index in [1.807, 2.05) is 59.3 Å². The summed E-state index contributed by atoms with van der Waals surface area (Å²) in [5, 5.41) is 3.18. The monoisotopic (exact) mass is 348 g/mol. The van der Waals surface area contributed by atoms with Crippen LogP contribution >= 0.6 is 0 Å². The minimum atomic E-state index is -0.00295. The number of benzene rings is 1. The van der Waals surface area contributed by atoms with Crippen LogP contribution in [-0.2, 0) is 0 Å². The molecule has 0 spiro atoms. The Bertz CT molecular complexity index is 895. The number of imidazole rings is 1. The number of rotatable bonds is 4. The zero-order chi connectivity index (χ0) is 17.9. The Hall–Kier alpha value is -2.66. The van der Waals surface area contributed by atoms with E-state index in [1.54, 1.807) is 0 Å². The molecular weight excluding hydrogens is 324 g/mol. The van der Waals surface area contributed by atoms with Crippen molar-refractivity contribution in [2.24, 2.45) is 0 Å². The average Bonchev–Trinajstić information content (AvgIpc) is 3.12. The summed E-state index contributed by atoms with van der Waals surface area (Å²) in [6.45, 7) is 5.38. The highest BCUT2D eigenvalue weighted by molar-refractivity contribution is 5.94. The Labute approximate surface area is 153 Å². The minimum Gasteiger partial charge on any atom is -0.349 e. The molecule has 1 saturated heterocycles. The molecular formula is C21H24N4O. The van der Waals surface area contributed by atoms with Gasteiger partial charge in [-0.15, -0.1) is 0 Å². The molecule has 5 nitrogen and oxygen atoms in total. The van der Waals surface area contributed by atoms with E-state index in [0.717, 1.165) is 49.4 Å². The number of amides is 1. The minimum absolute atomic E-state index is 0.00295. The van der Waals surface area contributed by atoms with Gasteiger partial charge in [0.15, 0.2) is 0 Å². The molecule has 1 fully saturated rings. The quantitative estimate of drug-likeness (QED) is 0.788. The number of nitrogens with zero attached hydrogens (tertiary/aromatic N) is 3. The summed E-state index contributed by atoms with van der Waals surface area (Å²) in [4.78, 5) is 19.7. The van der Waals surface area contributed by atoms with Crippen molar-refractivity contribution in [2.45, 2.75) is 25.8 Å². The molecule has 26 heavy (non-hydrogen) atoms. The maximum absolute atomic E-state index is 12.6. The van der Waals surface area contributed by atoms with Crippen LogP contribution in [0.25, 0.3) is 16.9 Å². The van der Waals surface area contributed by atoms with Gasteiger partial charge >= 0.3 is 0 Å². The van der Waals surface area contributed by atoms with Gasteiger partial charge in [0.05, 0.1) is 11.3 Å². The number of carbonyl (C=O) groups is 1. The molecule has 134 valence electrons. The van der Waals surface area contributed by atoms with Crippen molar-refractivity contribution in [1.29, 1.82) is 0 Å². The van der Waals surface area contributed by atoms with Crippen LogP contribution < -0.4 is 5.32 Å². The highest BCUT2D eigenvalue weighted by Crippen LogP contribution is 2.19. The first-order valence-electron chi connectivity index (χ1n) is 9.30. The molecule has 5 heteroatoms. The van der Waals surface area contributed by atoms with Gasteiger partial charge in [0.25, 0.3) is 5.91 Å². The number of aromatic nitrogens is 2. The highest BCUT2D eigenvalue weighted by Gasteiger charge is 2.20. The van der Waals surface area contributed by atoms with E-state index in [2.05, 4.69) is 22.1 Å². The van der Waals surface area contributed by atoms with Gasteiger partial charge in [-0.3, -0.25) is 4.79 Å². The molecule has 0 aliphatic carbocycles. The van der Waals surface area contributed by atoms with Crippen molar-refractivity contribution in [3.05, 3.63) is 60.4 Å². The predicted octanol–water partition coefficient (Wildman–Crippen LogP) is 3.22. The zero-order valence-corrected chi connectivity index (χ0v) is 15.1. The zero-order valence-electron chi connectivity index (χ0n) is 15.1. The molecule has 4 rings (SSSR count). The molecule has 3 aromatic rings. The van der Waals surface area contributed by atoms with Crippen molar-refractivity contribution in [3.8, 4) is 11.3 Å². The molecule has 1 aliphatic heterocycles. The predicted molar refractivity (Wildman–Crippen MR) is 103 cm³/mol. The number of likely N-dealkylation sites (tertiary alicyclic amines) is 1. The average molecular weight is 348 g/mol. The lowest BCUT2D eigenvalue weighted by Crippen LogP contribution is -2.44. The van der Waals surface area contributed by atoms with Gasteiger partial charge in [-0.25, -0.2) is 4.98 Å². The summed E-state index contributed by atoms with van der Waals surface area (Å²) in [5.74, 6) is -0.00295. The van der Waals surface area contributed by atoms with E-state index < -0.39 is 0 Å². The fourth-order valence-corrected chi connectivity index (χ4v) is 3.54. The van der Waals surface area contributed by atoms with Crippen LogP contribution in [0.4, 0.5) is 0 Å². The Morgan fingerprint density at radius 1 is 1.12 bits per heavy atom. The summed E-state index contributed by atoms with van der Waals surface area (Å²) in [6.07, 6.45) is 5.88. The van der Waals surface area contributed by atoms with E-state index in [4.69, 9.17) is 0 Å². The van der Waals surface area contributed by atoms with Crippen molar-refractivity contribution < 1.29 is 4.79 Å². The van der Waals surface area contributed by atoms with Gasteiger partial charge in [0, 0.05) is 37.1 Å². The Balaban J connectivity index is 1.49. The first-order valence-corrected chi connectivity index (χ1v) is 9.30. The van der Waals surface area contributed by atoms with E-state index in [1.165, 1.54) is 0 Å². The molecule has 0 atom stereocenters. The van der Waals surface area contributed by atoms with Gasteiger partial charge in [0.1, 0.15) is 5.65 Å². The van der Waals surface area contributed by atoms with Crippen LogP contribution in [0.5, 0.6) is 0 Å². The lowest BCUT2D eigenvalue weighted by Gasteiger charge is -2.31. The Morgan fingerprint density at radius 3 is 2.62 bits per heavy atom. The van der Waals surface area contributed by atoms with Crippen LogP contribution in [0.1, 0.15) is 30.1 Å². The second kappa shape index (κ2) is 7.30. The number of hydrogen-bond donors (Lipinski definition) is 1.